The van der Waals surface area contributed by atoms with Gasteiger partial charge >= 0.3 is 0 Å². The van der Waals surface area contributed by atoms with Crippen LogP contribution in [0.15, 0.2) is 77.7 Å². The number of methoxy groups -OCH3 is 1. The Morgan fingerprint density at radius 3 is 2.43 bits per heavy atom. The Hall–Kier alpha value is -3.16. The Labute approximate surface area is 176 Å². The molecule has 0 spiro atoms. The summed E-state index contributed by atoms with van der Waals surface area (Å²) in [6.07, 6.45) is 0.674. The molecule has 1 aliphatic heterocycles. The number of hydrogen-bond acceptors (Lipinski definition) is 4. The first-order valence-corrected chi connectivity index (χ1v) is 11.0. The fraction of sp³-hybridized carbons (Fsp3) is 0.174. The fourth-order valence-corrected chi connectivity index (χ4v) is 4.96. The van der Waals surface area contributed by atoms with Crippen LogP contribution in [0.1, 0.15) is 21.5 Å². The van der Waals surface area contributed by atoms with Gasteiger partial charge in [0, 0.05) is 24.3 Å². The first-order chi connectivity index (χ1) is 14.5. The molecule has 154 valence electrons. The van der Waals surface area contributed by atoms with E-state index >= 15 is 0 Å². The molecule has 3 aromatic carbocycles. The van der Waals surface area contributed by atoms with Crippen molar-refractivity contribution < 1.29 is 17.9 Å². The summed E-state index contributed by atoms with van der Waals surface area (Å²) in [7, 11) is -2.14. The summed E-state index contributed by atoms with van der Waals surface area (Å²) in [5.74, 6) is 0.311. The summed E-state index contributed by atoms with van der Waals surface area (Å²) in [5, 5.41) is 2.78. The predicted molar refractivity (Wildman–Crippen MR) is 115 cm³/mol. The monoisotopic (exact) mass is 422 g/mol. The van der Waals surface area contributed by atoms with Crippen molar-refractivity contribution in [1.29, 1.82) is 0 Å². The van der Waals surface area contributed by atoms with Crippen molar-refractivity contribution in [2.75, 3.05) is 19.0 Å². The number of sulfonamides is 1. The summed E-state index contributed by atoms with van der Waals surface area (Å²) >= 11 is 0. The van der Waals surface area contributed by atoms with Gasteiger partial charge in [-0.15, -0.1) is 0 Å². The highest BCUT2D eigenvalue weighted by Crippen LogP contribution is 2.25. The van der Waals surface area contributed by atoms with E-state index in [1.807, 2.05) is 24.3 Å². The van der Waals surface area contributed by atoms with Crippen LogP contribution in [0.25, 0.3) is 0 Å². The lowest BCUT2D eigenvalue weighted by atomic mass is 10.0. The van der Waals surface area contributed by atoms with Gasteiger partial charge in [-0.2, -0.15) is 4.31 Å². The van der Waals surface area contributed by atoms with Crippen molar-refractivity contribution in [3.05, 3.63) is 89.5 Å². The molecular formula is C23H22N2O4S. The molecule has 0 saturated carbocycles. The minimum Gasteiger partial charge on any atom is -0.497 e. The van der Waals surface area contributed by atoms with Crippen LogP contribution in [0.2, 0.25) is 0 Å². The fourth-order valence-electron chi connectivity index (χ4n) is 3.50. The molecule has 0 fully saturated rings. The van der Waals surface area contributed by atoms with Crippen molar-refractivity contribution in [2.45, 2.75) is 17.9 Å². The first-order valence-electron chi connectivity index (χ1n) is 9.60. The van der Waals surface area contributed by atoms with Crippen LogP contribution in [-0.4, -0.2) is 32.3 Å². The van der Waals surface area contributed by atoms with E-state index in [-0.39, 0.29) is 16.4 Å². The van der Waals surface area contributed by atoms with Crippen LogP contribution in [-0.2, 0) is 23.0 Å². The third-order valence-corrected chi connectivity index (χ3v) is 7.02. The van der Waals surface area contributed by atoms with Gasteiger partial charge in [0.15, 0.2) is 0 Å². The van der Waals surface area contributed by atoms with E-state index in [9.17, 15) is 13.2 Å². The summed E-state index contributed by atoms with van der Waals surface area (Å²) in [6, 6.07) is 20.9. The lowest BCUT2D eigenvalue weighted by molar-refractivity contribution is 0.102. The number of carbonyl (C=O) groups excluding carboxylic acids is 1. The highest BCUT2D eigenvalue weighted by molar-refractivity contribution is 7.89. The Bertz CT molecular complexity index is 1170. The molecule has 0 saturated heterocycles. The number of rotatable bonds is 5. The van der Waals surface area contributed by atoms with Crippen molar-refractivity contribution >= 4 is 21.6 Å². The van der Waals surface area contributed by atoms with E-state index < -0.39 is 10.0 Å². The predicted octanol–water partition coefficient (Wildman–Crippen LogP) is 3.69. The van der Waals surface area contributed by atoms with Gasteiger partial charge in [-0.05, 0) is 60.0 Å². The van der Waals surface area contributed by atoms with E-state index in [1.165, 1.54) is 22.0 Å². The third kappa shape index (κ3) is 4.08. The Balaban J connectivity index is 1.54. The van der Waals surface area contributed by atoms with E-state index in [1.54, 1.807) is 43.5 Å². The van der Waals surface area contributed by atoms with Crippen molar-refractivity contribution in [2.24, 2.45) is 0 Å². The Kier molecular flexibility index (Phi) is 5.57. The van der Waals surface area contributed by atoms with Crippen molar-refractivity contribution in [1.82, 2.24) is 4.31 Å². The second-order valence-corrected chi connectivity index (χ2v) is 9.01. The molecule has 3 aromatic rings. The molecule has 7 heteroatoms. The lowest BCUT2D eigenvalue weighted by Gasteiger charge is -2.28. The molecule has 0 bridgehead atoms. The maximum Gasteiger partial charge on any atom is 0.255 e. The van der Waals surface area contributed by atoms with E-state index in [4.69, 9.17) is 4.74 Å². The van der Waals surface area contributed by atoms with Crippen LogP contribution in [0, 0.1) is 0 Å². The average molecular weight is 423 g/mol. The molecule has 1 aliphatic rings. The molecular weight excluding hydrogens is 400 g/mol. The summed E-state index contributed by atoms with van der Waals surface area (Å²) < 4.78 is 32.9. The van der Waals surface area contributed by atoms with E-state index in [0.717, 1.165) is 5.56 Å². The van der Waals surface area contributed by atoms with Crippen molar-refractivity contribution in [3.8, 4) is 5.75 Å². The molecule has 30 heavy (non-hydrogen) atoms. The van der Waals surface area contributed by atoms with Gasteiger partial charge in [-0.3, -0.25) is 4.79 Å². The Morgan fingerprint density at radius 2 is 1.70 bits per heavy atom. The standard InChI is InChI=1S/C23H22N2O4S/c1-29-21-11-9-20(10-12-21)24-23(26)18-7-4-8-22(15-18)30(27,28)25-14-13-17-5-2-3-6-19(17)16-25/h2-12,15H,13-14,16H2,1H3,(H,24,26). The SMILES string of the molecule is COc1ccc(NC(=O)c2cccc(S(=O)(=O)N3CCc4ccccc4C3)c2)cc1. The molecule has 1 amide bonds. The van der Waals surface area contributed by atoms with E-state index in [2.05, 4.69) is 5.32 Å². The normalized spacial score (nSPS) is 14.0. The number of amides is 1. The summed E-state index contributed by atoms with van der Waals surface area (Å²) in [5.41, 5.74) is 3.07. The zero-order chi connectivity index (χ0) is 21.1. The second kappa shape index (κ2) is 8.30. The van der Waals surface area contributed by atoms with Gasteiger partial charge in [0.2, 0.25) is 10.0 Å². The quantitative estimate of drug-likeness (QED) is 0.680. The molecule has 0 aromatic heterocycles. The number of fused-ring (bicyclic) bond motifs is 1. The van der Waals surface area contributed by atoms with Gasteiger partial charge in [-0.1, -0.05) is 30.3 Å². The number of carbonyl (C=O) groups is 1. The van der Waals surface area contributed by atoms with Crippen molar-refractivity contribution in [3.63, 3.8) is 0 Å². The highest BCUT2D eigenvalue weighted by atomic mass is 32.2. The summed E-state index contributed by atoms with van der Waals surface area (Å²) in [4.78, 5) is 12.8. The maximum atomic E-state index is 13.2. The zero-order valence-electron chi connectivity index (χ0n) is 16.5. The van der Waals surface area contributed by atoms with Crippen LogP contribution in [0.4, 0.5) is 5.69 Å². The maximum absolute atomic E-state index is 13.2. The minimum atomic E-state index is -3.71. The molecule has 1 heterocycles. The van der Waals surface area contributed by atoms with Crippen LogP contribution >= 0.6 is 0 Å². The second-order valence-electron chi connectivity index (χ2n) is 7.07. The summed E-state index contributed by atoms with van der Waals surface area (Å²) in [6.45, 7) is 0.752. The number of hydrogen-bond donors (Lipinski definition) is 1. The highest BCUT2D eigenvalue weighted by Gasteiger charge is 2.28. The third-order valence-electron chi connectivity index (χ3n) is 5.18. The molecule has 4 rings (SSSR count). The zero-order valence-corrected chi connectivity index (χ0v) is 17.4. The van der Waals surface area contributed by atoms with Gasteiger partial charge < -0.3 is 10.1 Å². The van der Waals surface area contributed by atoms with Gasteiger partial charge in [0.05, 0.1) is 12.0 Å². The molecule has 0 unspecified atom stereocenters. The number of nitrogens with zero attached hydrogens (tertiary/aromatic N) is 1. The molecule has 0 atom stereocenters. The molecule has 0 aliphatic carbocycles. The number of benzene rings is 3. The topological polar surface area (TPSA) is 75.7 Å². The van der Waals surface area contributed by atoms with E-state index in [0.29, 0.717) is 30.9 Å². The number of ether oxygens (including phenoxy) is 1. The molecule has 1 N–H and O–H groups in total. The largest absolute Gasteiger partial charge is 0.497 e. The molecule has 6 nitrogen and oxygen atoms in total. The van der Waals surface area contributed by atoms with Crippen LogP contribution in [0.3, 0.4) is 0 Å². The number of anilines is 1. The van der Waals surface area contributed by atoms with Crippen LogP contribution in [0.5, 0.6) is 5.75 Å². The average Bonchev–Trinajstić information content (AvgIpc) is 2.79. The van der Waals surface area contributed by atoms with Gasteiger partial charge in [-0.25, -0.2) is 8.42 Å². The smallest absolute Gasteiger partial charge is 0.255 e. The van der Waals surface area contributed by atoms with Crippen LogP contribution < -0.4 is 10.1 Å². The Morgan fingerprint density at radius 1 is 0.967 bits per heavy atom. The lowest BCUT2D eigenvalue weighted by Crippen LogP contribution is -2.36. The minimum absolute atomic E-state index is 0.115. The van der Waals surface area contributed by atoms with Gasteiger partial charge in [0.1, 0.15) is 5.75 Å². The molecule has 0 radical (unpaired) electrons. The first kappa shape index (κ1) is 20.1. The van der Waals surface area contributed by atoms with Gasteiger partial charge in [0.25, 0.3) is 5.91 Å². The number of nitrogens with one attached hydrogen (secondary N) is 1.